The Kier molecular flexibility index (Phi) is 5.04. The maximum Gasteiger partial charge on any atom is 0.323 e. The first-order valence-corrected chi connectivity index (χ1v) is 10.2. The summed E-state index contributed by atoms with van der Waals surface area (Å²) < 4.78 is 3.56. The summed E-state index contributed by atoms with van der Waals surface area (Å²) >= 11 is 5.87. The first kappa shape index (κ1) is 19.8. The molecule has 2 aromatic carbocycles. The molecule has 3 aromatic heterocycles. The minimum Gasteiger partial charge on any atom is -0.308 e. The molecule has 8 nitrogen and oxygen atoms in total. The molecule has 0 fully saturated rings. The quantitative estimate of drug-likeness (QED) is 0.404. The molecular formula is C23H18ClN7O. The Morgan fingerprint density at radius 2 is 1.56 bits per heavy atom. The number of nitrogens with one attached hydrogen (secondary N) is 2. The Morgan fingerprint density at radius 1 is 0.875 bits per heavy atom. The highest BCUT2D eigenvalue weighted by molar-refractivity contribution is 6.30. The van der Waals surface area contributed by atoms with Crippen LogP contribution in [0.1, 0.15) is 0 Å². The van der Waals surface area contributed by atoms with Crippen molar-refractivity contribution in [3.8, 4) is 22.4 Å². The third-order valence-electron chi connectivity index (χ3n) is 4.96. The standard InChI is InChI=1S/C23H18ClN7O/c1-30-12-17(11-26-30)16-10-21-22(25-14-27-31(21)13-16)15-2-6-19(7-3-15)28-23(32)29-20-8-4-18(24)5-9-20/h2-14H,1H3,(H2,28,29,32). The Morgan fingerprint density at radius 3 is 2.22 bits per heavy atom. The molecule has 2 amide bonds. The predicted molar refractivity (Wildman–Crippen MR) is 125 cm³/mol. The first-order chi connectivity index (χ1) is 15.5. The number of urea groups is 1. The van der Waals surface area contributed by atoms with E-state index in [0.717, 1.165) is 27.9 Å². The lowest BCUT2D eigenvalue weighted by atomic mass is 10.1. The second-order valence-electron chi connectivity index (χ2n) is 7.23. The molecule has 9 heteroatoms. The van der Waals surface area contributed by atoms with Gasteiger partial charge >= 0.3 is 6.03 Å². The molecule has 0 saturated heterocycles. The van der Waals surface area contributed by atoms with Crippen LogP contribution in [0.3, 0.4) is 0 Å². The van der Waals surface area contributed by atoms with E-state index in [0.29, 0.717) is 16.4 Å². The number of hydrogen-bond acceptors (Lipinski definition) is 4. The van der Waals surface area contributed by atoms with Crippen molar-refractivity contribution in [1.82, 2.24) is 24.4 Å². The minimum atomic E-state index is -0.336. The van der Waals surface area contributed by atoms with Crippen molar-refractivity contribution >= 4 is 34.5 Å². The molecule has 3 heterocycles. The molecule has 0 radical (unpaired) electrons. The lowest BCUT2D eigenvalue weighted by Gasteiger charge is -2.09. The highest BCUT2D eigenvalue weighted by Crippen LogP contribution is 2.28. The summed E-state index contributed by atoms with van der Waals surface area (Å²) in [7, 11) is 1.88. The number of nitrogens with zero attached hydrogens (tertiary/aromatic N) is 5. The number of fused-ring (bicyclic) bond motifs is 1. The molecule has 0 saturated carbocycles. The van der Waals surface area contributed by atoms with Crippen molar-refractivity contribution < 1.29 is 4.79 Å². The highest BCUT2D eigenvalue weighted by atomic mass is 35.5. The summed E-state index contributed by atoms with van der Waals surface area (Å²) in [5.41, 5.74) is 5.94. The van der Waals surface area contributed by atoms with Crippen molar-refractivity contribution in [1.29, 1.82) is 0 Å². The van der Waals surface area contributed by atoms with Crippen LogP contribution in [0.15, 0.2) is 79.5 Å². The molecule has 158 valence electrons. The molecule has 32 heavy (non-hydrogen) atoms. The van der Waals surface area contributed by atoms with Crippen LogP contribution in [0.5, 0.6) is 0 Å². The highest BCUT2D eigenvalue weighted by Gasteiger charge is 2.11. The van der Waals surface area contributed by atoms with Gasteiger partial charge in [-0.1, -0.05) is 23.7 Å². The SMILES string of the molecule is Cn1cc(-c2cc3c(-c4ccc(NC(=O)Nc5ccc(Cl)cc5)cc4)ncnn3c2)cn1. The number of aryl methyl sites for hydroxylation is 1. The van der Waals surface area contributed by atoms with E-state index in [4.69, 9.17) is 11.6 Å². The summed E-state index contributed by atoms with van der Waals surface area (Å²) in [5.74, 6) is 0. The number of amides is 2. The van der Waals surface area contributed by atoms with E-state index in [2.05, 4.69) is 25.8 Å². The van der Waals surface area contributed by atoms with Crippen LogP contribution in [0.2, 0.25) is 5.02 Å². The first-order valence-electron chi connectivity index (χ1n) is 9.81. The molecule has 5 aromatic rings. The monoisotopic (exact) mass is 443 g/mol. The van der Waals surface area contributed by atoms with Crippen molar-refractivity contribution in [2.75, 3.05) is 10.6 Å². The zero-order valence-electron chi connectivity index (χ0n) is 17.0. The Bertz CT molecular complexity index is 1400. The van der Waals surface area contributed by atoms with Gasteiger partial charge in [0.2, 0.25) is 0 Å². The number of carbonyl (C=O) groups excluding carboxylic acids is 1. The number of anilines is 2. The van der Waals surface area contributed by atoms with E-state index in [1.807, 2.05) is 56.0 Å². The van der Waals surface area contributed by atoms with Crippen LogP contribution in [0.25, 0.3) is 27.9 Å². The maximum atomic E-state index is 12.2. The Hall–Kier alpha value is -4.17. The molecule has 0 spiro atoms. The topological polar surface area (TPSA) is 89.1 Å². The summed E-state index contributed by atoms with van der Waals surface area (Å²) in [6.45, 7) is 0. The molecule has 5 rings (SSSR count). The van der Waals surface area contributed by atoms with Crippen molar-refractivity contribution in [2.45, 2.75) is 0 Å². The summed E-state index contributed by atoms with van der Waals surface area (Å²) in [6, 6.07) is 16.1. The van der Waals surface area contributed by atoms with Crippen LogP contribution < -0.4 is 10.6 Å². The van der Waals surface area contributed by atoms with Gasteiger partial charge in [-0.05, 0) is 42.5 Å². The van der Waals surface area contributed by atoms with Gasteiger partial charge in [0.15, 0.2) is 0 Å². The van der Waals surface area contributed by atoms with Crippen LogP contribution in [-0.4, -0.2) is 30.4 Å². The zero-order chi connectivity index (χ0) is 22.1. The summed E-state index contributed by atoms with van der Waals surface area (Å²) in [6.07, 6.45) is 7.25. The van der Waals surface area contributed by atoms with E-state index in [-0.39, 0.29) is 6.03 Å². The van der Waals surface area contributed by atoms with E-state index in [1.54, 1.807) is 33.5 Å². The lowest BCUT2D eigenvalue weighted by Crippen LogP contribution is -2.19. The average Bonchev–Trinajstić information content (AvgIpc) is 3.42. The molecule has 2 N–H and O–H groups in total. The second-order valence-corrected chi connectivity index (χ2v) is 7.67. The number of hydrogen-bond donors (Lipinski definition) is 2. The van der Waals surface area contributed by atoms with Gasteiger partial charge in [0, 0.05) is 52.5 Å². The molecule has 0 unspecified atom stereocenters. The molecular weight excluding hydrogens is 426 g/mol. The van der Waals surface area contributed by atoms with Gasteiger partial charge in [0.05, 0.1) is 17.4 Å². The predicted octanol–water partition coefficient (Wildman–Crippen LogP) is 5.09. The van der Waals surface area contributed by atoms with E-state index in [1.165, 1.54) is 6.33 Å². The molecule has 0 aliphatic carbocycles. The fourth-order valence-electron chi connectivity index (χ4n) is 3.42. The van der Waals surface area contributed by atoms with Gasteiger partial charge in [-0.15, -0.1) is 0 Å². The lowest BCUT2D eigenvalue weighted by molar-refractivity contribution is 0.262. The molecule has 0 bridgehead atoms. The molecule has 0 aliphatic heterocycles. The average molecular weight is 444 g/mol. The smallest absolute Gasteiger partial charge is 0.308 e. The van der Waals surface area contributed by atoms with Gasteiger partial charge in [0.1, 0.15) is 6.33 Å². The second kappa shape index (κ2) is 8.16. The van der Waals surface area contributed by atoms with Crippen LogP contribution in [0.4, 0.5) is 16.2 Å². The van der Waals surface area contributed by atoms with Gasteiger partial charge in [-0.2, -0.15) is 10.2 Å². The third kappa shape index (κ3) is 4.03. The number of aromatic nitrogens is 5. The largest absolute Gasteiger partial charge is 0.323 e. The fourth-order valence-corrected chi connectivity index (χ4v) is 3.54. The van der Waals surface area contributed by atoms with E-state index in [9.17, 15) is 4.79 Å². The van der Waals surface area contributed by atoms with Crippen LogP contribution >= 0.6 is 11.6 Å². The van der Waals surface area contributed by atoms with E-state index >= 15 is 0 Å². The van der Waals surface area contributed by atoms with Gasteiger partial charge < -0.3 is 10.6 Å². The number of rotatable bonds is 4. The third-order valence-corrected chi connectivity index (χ3v) is 5.21. The van der Waals surface area contributed by atoms with Crippen molar-refractivity contribution in [3.63, 3.8) is 0 Å². The normalized spacial score (nSPS) is 10.9. The van der Waals surface area contributed by atoms with Gasteiger partial charge in [-0.25, -0.2) is 14.3 Å². The molecule has 0 atom stereocenters. The van der Waals surface area contributed by atoms with Crippen molar-refractivity contribution in [3.05, 3.63) is 84.5 Å². The fraction of sp³-hybridized carbons (Fsp3) is 0.0435. The zero-order valence-corrected chi connectivity index (χ0v) is 17.8. The van der Waals surface area contributed by atoms with Crippen molar-refractivity contribution in [2.24, 2.45) is 7.05 Å². The summed E-state index contributed by atoms with van der Waals surface area (Å²) in [5, 5.41) is 14.8. The Labute approximate surface area is 188 Å². The van der Waals surface area contributed by atoms with Gasteiger partial charge in [-0.3, -0.25) is 4.68 Å². The molecule has 0 aliphatic rings. The van der Waals surface area contributed by atoms with E-state index < -0.39 is 0 Å². The number of carbonyl (C=O) groups is 1. The number of benzene rings is 2. The summed E-state index contributed by atoms with van der Waals surface area (Å²) in [4.78, 5) is 16.7. The maximum absolute atomic E-state index is 12.2. The Balaban J connectivity index is 1.36. The van der Waals surface area contributed by atoms with Crippen LogP contribution in [-0.2, 0) is 7.05 Å². The number of halogens is 1. The van der Waals surface area contributed by atoms with Crippen LogP contribution in [0, 0.1) is 0 Å². The minimum absolute atomic E-state index is 0.336. The van der Waals surface area contributed by atoms with Gasteiger partial charge in [0.25, 0.3) is 0 Å².